The topological polar surface area (TPSA) is 55.4 Å². The summed E-state index contributed by atoms with van der Waals surface area (Å²) in [6.07, 6.45) is 0. The van der Waals surface area contributed by atoms with Gasteiger partial charge in [-0.15, -0.1) is 0 Å². The van der Waals surface area contributed by atoms with Gasteiger partial charge in [-0.1, -0.05) is 0 Å². The quantitative estimate of drug-likeness (QED) is 0.298. The normalized spacial score (nSPS) is 11.6. The number of methoxy groups -OCH3 is 1. The van der Waals surface area contributed by atoms with Crippen molar-refractivity contribution in [3.63, 3.8) is 0 Å². The third-order valence-corrected chi connectivity index (χ3v) is 2.54. The van der Waals surface area contributed by atoms with E-state index in [1.807, 2.05) is 0 Å². The van der Waals surface area contributed by atoms with Crippen molar-refractivity contribution in [1.82, 2.24) is 5.32 Å². The first-order valence-corrected chi connectivity index (χ1v) is 5.39. The molecule has 0 amide bonds. The Hall–Kier alpha value is -2.24. The molecule has 0 aromatic heterocycles. The van der Waals surface area contributed by atoms with Gasteiger partial charge in [0, 0.05) is 18.8 Å². The van der Waals surface area contributed by atoms with Gasteiger partial charge in [0.1, 0.15) is 17.2 Å². The molecule has 0 aliphatic rings. The molecule has 0 saturated heterocycles. The van der Waals surface area contributed by atoms with Crippen LogP contribution in [-0.4, -0.2) is 25.9 Å². The zero-order valence-electron chi connectivity index (χ0n) is 10.7. The van der Waals surface area contributed by atoms with E-state index in [2.05, 4.69) is 10.1 Å². The molecule has 0 aliphatic carbocycles. The molecule has 1 aromatic rings. The van der Waals surface area contributed by atoms with Crippen LogP contribution in [0.3, 0.4) is 0 Å². The number of benzene rings is 1. The molecule has 0 atom stereocenters. The summed E-state index contributed by atoms with van der Waals surface area (Å²) in [5, 5.41) is 2.62. The maximum absolute atomic E-state index is 13.5. The highest BCUT2D eigenvalue weighted by Crippen LogP contribution is 2.17. The van der Waals surface area contributed by atoms with Crippen LogP contribution in [0.4, 0.5) is 8.78 Å². The van der Waals surface area contributed by atoms with Gasteiger partial charge in [-0.3, -0.25) is 4.79 Å². The van der Waals surface area contributed by atoms with Gasteiger partial charge in [-0.25, -0.2) is 13.6 Å². The Labute approximate surface area is 109 Å². The molecule has 0 aliphatic heterocycles. The summed E-state index contributed by atoms with van der Waals surface area (Å²) < 4.78 is 30.8. The summed E-state index contributed by atoms with van der Waals surface area (Å²) >= 11 is 0. The highest BCUT2D eigenvalue weighted by Gasteiger charge is 2.25. The smallest absolute Gasteiger partial charge is 0.343 e. The summed E-state index contributed by atoms with van der Waals surface area (Å²) in [4.78, 5) is 23.7. The Kier molecular flexibility index (Phi) is 4.74. The number of Topliss-reactive ketones (excluding diaryl/α,β-unsaturated/α-hetero) is 1. The van der Waals surface area contributed by atoms with Gasteiger partial charge in [-0.05, 0) is 19.1 Å². The monoisotopic (exact) mass is 269 g/mol. The minimum Gasteiger partial charge on any atom is -0.465 e. The number of nitrogens with one attached hydrogen (secondary N) is 1. The predicted molar refractivity (Wildman–Crippen MR) is 64.5 cm³/mol. The Morgan fingerprint density at radius 1 is 1.26 bits per heavy atom. The average Bonchev–Trinajstić information content (AvgIpc) is 2.38. The van der Waals surface area contributed by atoms with E-state index >= 15 is 0 Å². The second-order valence-corrected chi connectivity index (χ2v) is 3.69. The van der Waals surface area contributed by atoms with Crippen LogP contribution in [-0.2, 0) is 9.53 Å². The molecule has 102 valence electrons. The maximum Gasteiger partial charge on any atom is 0.343 e. The van der Waals surface area contributed by atoms with Crippen molar-refractivity contribution in [2.75, 3.05) is 14.2 Å². The van der Waals surface area contributed by atoms with Gasteiger partial charge in [0.05, 0.1) is 12.7 Å². The number of esters is 1. The largest absolute Gasteiger partial charge is 0.465 e. The molecular weight excluding hydrogens is 256 g/mol. The van der Waals surface area contributed by atoms with Crippen LogP contribution in [0.1, 0.15) is 17.3 Å². The van der Waals surface area contributed by atoms with E-state index in [1.54, 1.807) is 0 Å². The SMILES string of the molecule is CNC(C)=C(C(=O)OC)C(=O)c1ccc(F)cc1F. The van der Waals surface area contributed by atoms with Gasteiger partial charge in [0.15, 0.2) is 0 Å². The summed E-state index contributed by atoms with van der Waals surface area (Å²) in [7, 11) is 2.62. The summed E-state index contributed by atoms with van der Waals surface area (Å²) in [6.45, 7) is 1.48. The van der Waals surface area contributed by atoms with Crippen molar-refractivity contribution >= 4 is 11.8 Å². The fraction of sp³-hybridized carbons (Fsp3) is 0.231. The molecule has 0 radical (unpaired) electrons. The molecular formula is C13H13F2NO3. The lowest BCUT2D eigenvalue weighted by atomic mass is 10.0. The van der Waals surface area contributed by atoms with Crippen LogP contribution in [0, 0.1) is 11.6 Å². The van der Waals surface area contributed by atoms with Crippen molar-refractivity contribution in [1.29, 1.82) is 0 Å². The molecule has 0 spiro atoms. The lowest BCUT2D eigenvalue weighted by molar-refractivity contribution is -0.135. The molecule has 0 saturated carbocycles. The number of hydrogen-bond donors (Lipinski definition) is 1. The number of carbonyl (C=O) groups is 2. The fourth-order valence-corrected chi connectivity index (χ4v) is 1.45. The van der Waals surface area contributed by atoms with Crippen molar-refractivity contribution in [3.8, 4) is 0 Å². The number of carbonyl (C=O) groups excluding carboxylic acids is 2. The van der Waals surface area contributed by atoms with Gasteiger partial charge >= 0.3 is 5.97 Å². The van der Waals surface area contributed by atoms with Crippen LogP contribution in [0.2, 0.25) is 0 Å². The Bertz CT molecular complexity index is 553. The highest BCUT2D eigenvalue weighted by molar-refractivity contribution is 6.24. The van der Waals surface area contributed by atoms with Gasteiger partial charge in [0.2, 0.25) is 5.78 Å². The molecule has 0 heterocycles. The molecule has 0 fully saturated rings. The number of ketones is 1. The molecule has 0 unspecified atom stereocenters. The van der Waals surface area contributed by atoms with Crippen molar-refractivity contribution in [3.05, 3.63) is 46.7 Å². The maximum atomic E-state index is 13.5. The van der Waals surface area contributed by atoms with E-state index in [9.17, 15) is 18.4 Å². The highest BCUT2D eigenvalue weighted by atomic mass is 19.1. The van der Waals surface area contributed by atoms with E-state index in [0.29, 0.717) is 6.07 Å². The van der Waals surface area contributed by atoms with Crippen LogP contribution in [0.15, 0.2) is 29.5 Å². The number of rotatable bonds is 4. The molecule has 6 heteroatoms. The zero-order valence-corrected chi connectivity index (χ0v) is 10.7. The fourth-order valence-electron chi connectivity index (χ4n) is 1.45. The lowest BCUT2D eigenvalue weighted by Gasteiger charge is -2.09. The number of ether oxygens (including phenoxy) is 1. The van der Waals surface area contributed by atoms with E-state index in [4.69, 9.17) is 0 Å². The van der Waals surface area contributed by atoms with Crippen molar-refractivity contribution in [2.45, 2.75) is 6.92 Å². The Morgan fingerprint density at radius 2 is 1.89 bits per heavy atom. The van der Waals surface area contributed by atoms with Gasteiger partial charge in [-0.2, -0.15) is 0 Å². The van der Waals surface area contributed by atoms with Crippen LogP contribution in [0.25, 0.3) is 0 Å². The Morgan fingerprint density at radius 3 is 2.37 bits per heavy atom. The number of hydrogen-bond acceptors (Lipinski definition) is 4. The molecule has 1 N–H and O–H groups in total. The van der Waals surface area contributed by atoms with Crippen LogP contribution < -0.4 is 5.32 Å². The second kappa shape index (κ2) is 6.08. The van der Waals surface area contributed by atoms with Crippen LogP contribution >= 0.6 is 0 Å². The minimum atomic E-state index is -1.03. The van der Waals surface area contributed by atoms with Gasteiger partial charge in [0.25, 0.3) is 0 Å². The Balaban J connectivity index is 3.32. The molecule has 1 aromatic carbocycles. The summed E-state index contributed by atoms with van der Waals surface area (Å²) in [5.41, 5.74) is -0.479. The van der Waals surface area contributed by atoms with Gasteiger partial charge < -0.3 is 10.1 Å². The minimum absolute atomic E-state index is 0.237. The van der Waals surface area contributed by atoms with Crippen LogP contribution in [0.5, 0.6) is 0 Å². The number of halogens is 2. The second-order valence-electron chi connectivity index (χ2n) is 3.69. The predicted octanol–water partition coefficient (Wildman–Crippen LogP) is 1.81. The first kappa shape index (κ1) is 14.8. The van der Waals surface area contributed by atoms with E-state index in [-0.39, 0.29) is 11.3 Å². The summed E-state index contributed by atoms with van der Waals surface area (Å²) in [6, 6.07) is 2.51. The zero-order chi connectivity index (χ0) is 14.6. The molecule has 19 heavy (non-hydrogen) atoms. The average molecular weight is 269 g/mol. The number of allylic oxidation sites excluding steroid dienone is 1. The standard InChI is InChI=1S/C13H13F2NO3/c1-7(16-2)11(13(18)19-3)12(17)9-5-4-8(14)6-10(9)15/h4-6,16H,1-3H3. The lowest BCUT2D eigenvalue weighted by Crippen LogP contribution is -2.21. The summed E-state index contributed by atoms with van der Waals surface area (Å²) in [5.74, 6) is -3.59. The first-order chi connectivity index (χ1) is 8.92. The third-order valence-electron chi connectivity index (χ3n) is 2.54. The van der Waals surface area contributed by atoms with Crippen molar-refractivity contribution in [2.24, 2.45) is 0 Å². The van der Waals surface area contributed by atoms with E-state index in [0.717, 1.165) is 19.2 Å². The molecule has 1 rings (SSSR count). The van der Waals surface area contributed by atoms with E-state index < -0.39 is 29.0 Å². The van der Waals surface area contributed by atoms with E-state index in [1.165, 1.54) is 14.0 Å². The first-order valence-electron chi connectivity index (χ1n) is 5.39. The molecule has 4 nitrogen and oxygen atoms in total. The third kappa shape index (κ3) is 3.15. The molecule has 0 bridgehead atoms. The van der Waals surface area contributed by atoms with Crippen molar-refractivity contribution < 1.29 is 23.1 Å².